The van der Waals surface area contributed by atoms with Crippen LogP contribution in [0.2, 0.25) is 0 Å². The van der Waals surface area contributed by atoms with E-state index in [1.807, 2.05) is 18.2 Å². The Morgan fingerprint density at radius 1 is 1.12 bits per heavy atom. The molecule has 0 unspecified atom stereocenters. The fourth-order valence-electron chi connectivity index (χ4n) is 1.50. The third kappa shape index (κ3) is 3.39. The lowest BCUT2D eigenvalue weighted by Crippen LogP contribution is -2.19. The standard InChI is InChI=1S/C13H14N2OS/c14-11-6-7-13(16)15(10-11)8-9-17-12-4-2-1-3-5-12/h1-7,10H,8-9,14H2. The molecule has 0 saturated heterocycles. The third-order valence-corrected chi connectivity index (χ3v) is 3.34. The zero-order valence-electron chi connectivity index (χ0n) is 9.37. The minimum absolute atomic E-state index is 0.00661. The van der Waals surface area contributed by atoms with Crippen LogP contribution < -0.4 is 11.3 Å². The molecular weight excluding hydrogens is 232 g/mol. The van der Waals surface area contributed by atoms with E-state index in [9.17, 15) is 4.79 Å². The second kappa shape index (κ2) is 5.59. The van der Waals surface area contributed by atoms with Gasteiger partial charge in [0.25, 0.3) is 5.56 Å². The molecule has 2 N–H and O–H groups in total. The highest BCUT2D eigenvalue weighted by molar-refractivity contribution is 7.99. The van der Waals surface area contributed by atoms with E-state index in [0.29, 0.717) is 12.2 Å². The first kappa shape index (κ1) is 11.8. The summed E-state index contributed by atoms with van der Waals surface area (Å²) in [5.74, 6) is 0.855. The van der Waals surface area contributed by atoms with Gasteiger partial charge in [0.05, 0.1) is 0 Å². The van der Waals surface area contributed by atoms with Crippen LogP contribution in [0.5, 0.6) is 0 Å². The summed E-state index contributed by atoms with van der Waals surface area (Å²) in [5, 5.41) is 0. The Kier molecular flexibility index (Phi) is 3.88. The van der Waals surface area contributed by atoms with Gasteiger partial charge in [-0.3, -0.25) is 4.79 Å². The van der Waals surface area contributed by atoms with Crippen molar-refractivity contribution in [2.24, 2.45) is 0 Å². The summed E-state index contributed by atoms with van der Waals surface area (Å²) in [5.41, 5.74) is 6.26. The smallest absolute Gasteiger partial charge is 0.250 e. The van der Waals surface area contributed by atoms with Gasteiger partial charge in [0.15, 0.2) is 0 Å². The lowest BCUT2D eigenvalue weighted by Gasteiger charge is -2.06. The summed E-state index contributed by atoms with van der Waals surface area (Å²) in [7, 11) is 0. The maximum atomic E-state index is 11.5. The van der Waals surface area contributed by atoms with Crippen LogP contribution in [0.3, 0.4) is 0 Å². The van der Waals surface area contributed by atoms with Crippen molar-refractivity contribution in [3.05, 3.63) is 59.0 Å². The third-order valence-electron chi connectivity index (χ3n) is 2.35. The van der Waals surface area contributed by atoms with Crippen LogP contribution in [0.4, 0.5) is 5.69 Å². The SMILES string of the molecule is Nc1ccc(=O)n(CCSc2ccccc2)c1. The van der Waals surface area contributed by atoms with E-state index in [1.165, 1.54) is 11.0 Å². The van der Waals surface area contributed by atoms with Crippen LogP contribution in [0, 0.1) is 0 Å². The molecule has 0 amide bonds. The number of benzene rings is 1. The number of aromatic nitrogens is 1. The molecule has 0 fully saturated rings. The first-order chi connectivity index (χ1) is 8.25. The Morgan fingerprint density at radius 3 is 2.65 bits per heavy atom. The van der Waals surface area contributed by atoms with Crippen molar-refractivity contribution < 1.29 is 0 Å². The monoisotopic (exact) mass is 246 g/mol. The number of nitrogens with two attached hydrogens (primary N) is 1. The molecule has 0 spiro atoms. The van der Waals surface area contributed by atoms with Crippen molar-refractivity contribution in [3.8, 4) is 0 Å². The normalized spacial score (nSPS) is 10.4. The Morgan fingerprint density at radius 2 is 1.88 bits per heavy atom. The highest BCUT2D eigenvalue weighted by Gasteiger charge is 1.97. The number of aryl methyl sites for hydroxylation is 1. The van der Waals surface area contributed by atoms with Crippen molar-refractivity contribution in [2.45, 2.75) is 11.4 Å². The predicted octanol–water partition coefficient (Wildman–Crippen LogP) is 2.22. The van der Waals surface area contributed by atoms with E-state index >= 15 is 0 Å². The molecule has 1 aromatic carbocycles. The quantitative estimate of drug-likeness (QED) is 0.841. The van der Waals surface area contributed by atoms with Gasteiger partial charge in [-0.15, -0.1) is 11.8 Å². The van der Waals surface area contributed by atoms with Crippen LogP contribution in [0.25, 0.3) is 0 Å². The molecule has 88 valence electrons. The summed E-state index contributed by atoms with van der Waals surface area (Å²) < 4.78 is 1.64. The molecule has 0 radical (unpaired) electrons. The van der Waals surface area contributed by atoms with Crippen LogP contribution in [-0.4, -0.2) is 10.3 Å². The van der Waals surface area contributed by atoms with Gasteiger partial charge in [0.2, 0.25) is 0 Å². The van der Waals surface area contributed by atoms with Gasteiger partial charge in [-0.1, -0.05) is 18.2 Å². The maximum absolute atomic E-state index is 11.5. The van der Waals surface area contributed by atoms with Crippen LogP contribution >= 0.6 is 11.8 Å². The average Bonchev–Trinajstić information content (AvgIpc) is 2.35. The molecule has 0 aliphatic rings. The molecule has 0 aliphatic carbocycles. The lowest BCUT2D eigenvalue weighted by molar-refractivity contribution is 0.737. The summed E-state index contributed by atoms with van der Waals surface area (Å²) in [6.07, 6.45) is 1.69. The molecule has 0 atom stereocenters. The zero-order valence-corrected chi connectivity index (χ0v) is 10.2. The highest BCUT2D eigenvalue weighted by Crippen LogP contribution is 2.16. The number of nitrogens with zero attached hydrogens (tertiary/aromatic N) is 1. The Labute approximate surface area is 104 Å². The van der Waals surface area contributed by atoms with E-state index in [4.69, 9.17) is 5.73 Å². The Hall–Kier alpha value is -1.68. The fourth-order valence-corrected chi connectivity index (χ4v) is 2.38. The molecule has 0 bridgehead atoms. The number of hydrogen-bond acceptors (Lipinski definition) is 3. The van der Waals surface area contributed by atoms with Crippen LogP contribution in [0.15, 0.2) is 58.4 Å². The summed E-state index contributed by atoms with van der Waals surface area (Å²) in [6, 6.07) is 13.3. The second-order valence-corrected chi connectivity index (χ2v) is 4.82. The number of hydrogen-bond donors (Lipinski definition) is 1. The van der Waals surface area contributed by atoms with Gasteiger partial charge in [0.1, 0.15) is 0 Å². The molecule has 17 heavy (non-hydrogen) atoms. The minimum Gasteiger partial charge on any atom is -0.398 e. The summed E-state index contributed by atoms with van der Waals surface area (Å²) in [6.45, 7) is 0.670. The lowest BCUT2D eigenvalue weighted by atomic mass is 10.4. The topological polar surface area (TPSA) is 48.0 Å². The number of rotatable bonds is 4. The van der Waals surface area contributed by atoms with Crippen molar-refractivity contribution in [2.75, 3.05) is 11.5 Å². The molecule has 4 heteroatoms. The van der Waals surface area contributed by atoms with Gasteiger partial charge in [-0.2, -0.15) is 0 Å². The summed E-state index contributed by atoms with van der Waals surface area (Å²) >= 11 is 1.73. The van der Waals surface area contributed by atoms with Crippen molar-refractivity contribution in [1.82, 2.24) is 4.57 Å². The highest BCUT2D eigenvalue weighted by atomic mass is 32.2. The van der Waals surface area contributed by atoms with E-state index in [-0.39, 0.29) is 5.56 Å². The first-order valence-corrected chi connectivity index (χ1v) is 6.38. The van der Waals surface area contributed by atoms with Crippen LogP contribution in [0.1, 0.15) is 0 Å². The van der Waals surface area contributed by atoms with E-state index < -0.39 is 0 Å². The molecule has 0 aliphatic heterocycles. The van der Waals surface area contributed by atoms with E-state index in [0.717, 1.165) is 5.75 Å². The molecule has 0 saturated carbocycles. The van der Waals surface area contributed by atoms with E-state index in [2.05, 4.69) is 12.1 Å². The van der Waals surface area contributed by atoms with Gasteiger partial charge < -0.3 is 10.3 Å². The number of nitrogen functional groups attached to an aromatic ring is 1. The van der Waals surface area contributed by atoms with Crippen LogP contribution in [-0.2, 0) is 6.54 Å². The van der Waals surface area contributed by atoms with Gasteiger partial charge in [-0.25, -0.2) is 0 Å². The fraction of sp³-hybridized carbons (Fsp3) is 0.154. The Balaban J connectivity index is 1.94. The second-order valence-electron chi connectivity index (χ2n) is 3.66. The molecule has 2 rings (SSSR count). The van der Waals surface area contributed by atoms with Gasteiger partial charge in [-0.05, 0) is 18.2 Å². The first-order valence-electron chi connectivity index (χ1n) is 5.39. The Bertz CT molecular complexity index is 537. The molecular formula is C13H14N2OS. The van der Waals surface area contributed by atoms with E-state index in [1.54, 1.807) is 28.6 Å². The molecule has 1 aromatic heterocycles. The number of pyridine rings is 1. The van der Waals surface area contributed by atoms with Crippen molar-refractivity contribution in [1.29, 1.82) is 0 Å². The number of thioether (sulfide) groups is 1. The van der Waals surface area contributed by atoms with Crippen molar-refractivity contribution >= 4 is 17.4 Å². The molecule has 3 nitrogen and oxygen atoms in total. The average molecular weight is 246 g/mol. The molecule has 1 heterocycles. The minimum atomic E-state index is -0.00661. The maximum Gasteiger partial charge on any atom is 0.250 e. The predicted molar refractivity (Wildman–Crippen MR) is 72.3 cm³/mol. The largest absolute Gasteiger partial charge is 0.398 e. The molecule has 2 aromatic rings. The van der Waals surface area contributed by atoms with Gasteiger partial charge >= 0.3 is 0 Å². The van der Waals surface area contributed by atoms with Gasteiger partial charge in [0, 0.05) is 35.1 Å². The summed E-state index contributed by atoms with van der Waals surface area (Å²) in [4.78, 5) is 12.7. The number of anilines is 1. The van der Waals surface area contributed by atoms with Crippen molar-refractivity contribution in [3.63, 3.8) is 0 Å². The zero-order chi connectivity index (χ0) is 12.1.